The fourth-order valence-electron chi connectivity index (χ4n) is 3.89. The van der Waals surface area contributed by atoms with Crippen molar-refractivity contribution in [2.75, 3.05) is 45.2 Å². The fraction of sp³-hybridized carbons (Fsp3) is 0.240. The Balaban J connectivity index is 2.43. The minimum absolute atomic E-state index is 0.0275. The van der Waals surface area contributed by atoms with Crippen molar-refractivity contribution in [1.82, 2.24) is 0 Å². The van der Waals surface area contributed by atoms with Crippen molar-refractivity contribution in [2.24, 2.45) is 5.73 Å². The number of allylic oxidation sites excluding steroid dienone is 1. The lowest BCUT2D eigenvalue weighted by Gasteiger charge is -2.36. The number of carbonyl (C=O) groups is 2. The van der Waals surface area contributed by atoms with E-state index in [-0.39, 0.29) is 22.7 Å². The lowest BCUT2D eigenvalue weighted by atomic mass is 9.81. The highest BCUT2D eigenvalue weighted by Gasteiger charge is 2.43. The van der Waals surface area contributed by atoms with Crippen LogP contribution in [0.1, 0.15) is 11.5 Å². The van der Waals surface area contributed by atoms with E-state index in [1.807, 2.05) is 19.0 Å². The molecule has 9 nitrogen and oxygen atoms in total. The third-order valence-corrected chi connectivity index (χ3v) is 5.53. The van der Waals surface area contributed by atoms with Crippen molar-refractivity contribution in [3.05, 3.63) is 76.8 Å². The Kier molecular flexibility index (Phi) is 7.12. The number of nitriles is 1. The number of nitrogens with two attached hydrogens (primary N) is 1. The van der Waals surface area contributed by atoms with Gasteiger partial charge in [-0.3, -0.25) is 4.90 Å². The van der Waals surface area contributed by atoms with Crippen LogP contribution in [-0.2, 0) is 19.1 Å². The summed E-state index contributed by atoms with van der Waals surface area (Å²) < 4.78 is 15.7. The lowest BCUT2D eigenvalue weighted by molar-refractivity contribution is -0.139. The van der Waals surface area contributed by atoms with Crippen LogP contribution < -0.4 is 20.3 Å². The Morgan fingerprint density at radius 2 is 1.68 bits per heavy atom. The number of benzene rings is 2. The van der Waals surface area contributed by atoms with E-state index in [2.05, 4.69) is 6.07 Å². The van der Waals surface area contributed by atoms with Crippen molar-refractivity contribution in [3.8, 4) is 11.8 Å². The first kappa shape index (κ1) is 24.2. The average Bonchev–Trinajstić information content (AvgIpc) is 2.87. The summed E-state index contributed by atoms with van der Waals surface area (Å²) in [5.41, 5.74) is 8.17. The van der Waals surface area contributed by atoms with Crippen molar-refractivity contribution >= 4 is 23.3 Å². The molecule has 2 aromatic rings. The molecule has 9 heteroatoms. The lowest BCUT2D eigenvalue weighted by Crippen LogP contribution is -2.41. The van der Waals surface area contributed by atoms with Gasteiger partial charge in [0.1, 0.15) is 17.3 Å². The average molecular weight is 463 g/mol. The van der Waals surface area contributed by atoms with Gasteiger partial charge in [-0.25, -0.2) is 9.59 Å². The van der Waals surface area contributed by atoms with Crippen LogP contribution in [0.2, 0.25) is 0 Å². The van der Waals surface area contributed by atoms with Gasteiger partial charge in [-0.2, -0.15) is 5.26 Å². The minimum atomic E-state index is -0.934. The second-order valence-electron chi connectivity index (χ2n) is 7.59. The molecule has 0 aromatic heterocycles. The largest absolute Gasteiger partial charge is 0.494 e. The van der Waals surface area contributed by atoms with Crippen LogP contribution >= 0.6 is 0 Å². The van der Waals surface area contributed by atoms with E-state index in [1.165, 1.54) is 26.2 Å². The molecule has 0 amide bonds. The summed E-state index contributed by atoms with van der Waals surface area (Å²) in [4.78, 5) is 29.4. The second kappa shape index (κ2) is 10.0. The summed E-state index contributed by atoms with van der Waals surface area (Å²) in [7, 11) is 7.62. The Bertz CT molecular complexity index is 1210. The Hall–Kier alpha value is -4.45. The molecule has 0 spiro atoms. The number of carbonyl (C=O) groups excluding carboxylic acids is 2. The maximum atomic E-state index is 13.1. The first-order valence-corrected chi connectivity index (χ1v) is 10.3. The van der Waals surface area contributed by atoms with Gasteiger partial charge < -0.3 is 24.8 Å². The second-order valence-corrected chi connectivity index (χ2v) is 7.59. The van der Waals surface area contributed by atoms with Gasteiger partial charge >= 0.3 is 11.9 Å². The van der Waals surface area contributed by atoms with E-state index in [4.69, 9.17) is 19.9 Å². The van der Waals surface area contributed by atoms with Gasteiger partial charge in [-0.1, -0.05) is 30.3 Å². The van der Waals surface area contributed by atoms with Crippen LogP contribution in [0.3, 0.4) is 0 Å². The standard InChI is InChI=1S/C25H26N4O5/c1-28(2)16-11-12-18(19(13-16)32-3)29-22(25(31)34-5)21(24(30)33-4)20(17(14-26)23(29)27)15-9-7-6-8-10-15/h6-13,20H,27H2,1-5H3. The smallest absolute Gasteiger partial charge is 0.355 e. The summed E-state index contributed by atoms with van der Waals surface area (Å²) in [6.45, 7) is 0. The van der Waals surface area contributed by atoms with E-state index in [9.17, 15) is 14.9 Å². The molecule has 1 unspecified atom stereocenters. The molecule has 1 atom stereocenters. The van der Waals surface area contributed by atoms with Crippen LogP contribution in [0.5, 0.6) is 5.75 Å². The van der Waals surface area contributed by atoms with E-state index in [1.54, 1.807) is 48.5 Å². The van der Waals surface area contributed by atoms with Gasteiger partial charge in [0.25, 0.3) is 0 Å². The third-order valence-electron chi connectivity index (χ3n) is 5.53. The van der Waals surface area contributed by atoms with E-state index in [0.717, 1.165) is 5.69 Å². The zero-order valence-electron chi connectivity index (χ0n) is 19.7. The summed E-state index contributed by atoms with van der Waals surface area (Å²) in [6, 6.07) is 16.2. The molecule has 0 fully saturated rings. The molecule has 176 valence electrons. The predicted molar refractivity (Wildman–Crippen MR) is 127 cm³/mol. The minimum Gasteiger partial charge on any atom is -0.494 e. The highest BCUT2D eigenvalue weighted by Crippen LogP contribution is 2.45. The molecule has 34 heavy (non-hydrogen) atoms. The number of hydrogen-bond donors (Lipinski definition) is 1. The highest BCUT2D eigenvalue weighted by molar-refractivity contribution is 6.06. The van der Waals surface area contributed by atoms with Gasteiger partial charge in [-0.05, 0) is 17.7 Å². The molecule has 0 bridgehead atoms. The quantitative estimate of drug-likeness (QED) is 0.646. The zero-order chi connectivity index (χ0) is 25.0. The molecule has 2 N–H and O–H groups in total. The summed E-state index contributed by atoms with van der Waals surface area (Å²) >= 11 is 0. The maximum absolute atomic E-state index is 13.1. The van der Waals surface area contributed by atoms with E-state index in [0.29, 0.717) is 17.0 Å². The van der Waals surface area contributed by atoms with Crippen LogP contribution in [0.4, 0.5) is 11.4 Å². The Labute approximate surface area is 198 Å². The molecular formula is C25H26N4O5. The molecule has 1 aliphatic heterocycles. The van der Waals surface area contributed by atoms with Crippen LogP contribution in [0, 0.1) is 11.3 Å². The number of methoxy groups -OCH3 is 3. The number of anilines is 2. The molecule has 1 heterocycles. The topological polar surface area (TPSA) is 118 Å². The Morgan fingerprint density at radius 1 is 1.03 bits per heavy atom. The normalized spacial score (nSPS) is 15.5. The van der Waals surface area contributed by atoms with Gasteiger partial charge in [0, 0.05) is 25.8 Å². The molecule has 0 aliphatic carbocycles. The first-order valence-electron chi connectivity index (χ1n) is 10.3. The summed E-state index contributed by atoms with van der Waals surface area (Å²) in [6.07, 6.45) is 0. The number of ether oxygens (including phenoxy) is 3. The van der Waals surface area contributed by atoms with Crippen molar-refractivity contribution in [1.29, 1.82) is 5.26 Å². The molecule has 0 radical (unpaired) electrons. The first-order chi connectivity index (χ1) is 16.3. The number of rotatable bonds is 6. The van der Waals surface area contributed by atoms with Crippen LogP contribution in [0.15, 0.2) is 71.2 Å². The Morgan fingerprint density at radius 3 is 2.21 bits per heavy atom. The van der Waals surface area contributed by atoms with Gasteiger partial charge in [0.2, 0.25) is 0 Å². The van der Waals surface area contributed by atoms with Crippen LogP contribution in [-0.4, -0.2) is 47.4 Å². The monoisotopic (exact) mass is 462 g/mol. The van der Waals surface area contributed by atoms with Crippen LogP contribution in [0.25, 0.3) is 0 Å². The van der Waals surface area contributed by atoms with Crippen molar-refractivity contribution in [3.63, 3.8) is 0 Å². The SMILES string of the molecule is COC(=O)C1=C(C(=O)OC)N(c2ccc(N(C)C)cc2OC)C(N)=C(C#N)C1c1ccccc1. The number of nitrogens with zero attached hydrogens (tertiary/aromatic N) is 3. The maximum Gasteiger partial charge on any atom is 0.355 e. The molecule has 1 aliphatic rings. The van der Waals surface area contributed by atoms with Gasteiger partial charge in [0.15, 0.2) is 0 Å². The molecular weight excluding hydrogens is 436 g/mol. The van der Waals surface area contributed by atoms with Crippen molar-refractivity contribution < 1.29 is 23.8 Å². The number of esters is 2. The fourth-order valence-corrected chi connectivity index (χ4v) is 3.89. The highest BCUT2D eigenvalue weighted by atomic mass is 16.5. The summed E-state index contributed by atoms with van der Waals surface area (Å²) in [5.74, 6) is -2.20. The molecule has 2 aromatic carbocycles. The molecule has 3 rings (SSSR count). The predicted octanol–water partition coefficient (Wildman–Crippen LogP) is 2.66. The zero-order valence-corrected chi connectivity index (χ0v) is 19.7. The summed E-state index contributed by atoms with van der Waals surface area (Å²) in [5, 5.41) is 10.1. The third kappa shape index (κ3) is 4.13. The molecule has 0 saturated heterocycles. The number of hydrogen-bond acceptors (Lipinski definition) is 9. The van der Waals surface area contributed by atoms with E-state index < -0.39 is 17.9 Å². The van der Waals surface area contributed by atoms with Gasteiger partial charge in [-0.15, -0.1) is 0 Å². The van der Waals surface area contributed by atoms with E-state index >= 15 is 0 Å². The van der Waals surface area contributed by atoms with Crippen molar-refractivity contribution in [2.45, 2.75) is 5.92 Å². The van der Waals surface area contributed by atoms with Gasteiger partial charge in [0.05, 0.1) is 50.2 Å². The molecule has 0 saturated carbocycles.